The molecule has 104 valence electrons. The summed E-state index contributed by atoms with van der Waals surface area (Å²) in [7, 11) is 5.88. The lowest BCUT2D eigenvalue weighted by molar-refractivity contribution is -0.131. The minimum atomic E-state index is -1.06. The van der Waals surface area contributed by atoms with Gasteiger partial charge in [0.25, 0.3) is 0 Å². The highest BCUT2D eigenvalue weighted by atomic mass is 16.5. The zero-order valence-electron chi connectivity index (χ0n) is 11.2. The van der Waals surface area contributed by atoms with Crippen molar-refractivity contribution in [2.75, 3.05) is 28.4 Å². The SMILES string of the molecule is COc1cc(C=CC(=O)O)c(OC)c(OC)c1OC. The van der Waals surface area contributed by atoms with E-state index in [0.717, 1.165) is 6.08 Å². The molecule has 0 radical (unpaired) electrons. The number of aliphatic carboxylic acids is 1. The first kappa shape index (κ1) is 14.7. The van der Waals surface area contributed by atoms with Crippen LogP contribution in [0, 0.1) is 0 Å². The average molecular weight is 268 g/mol. The molecule has 6 nitrogen and oxygen atoms in total. The number of rotatable bonds is 6. The van der Waals surface area contributed by atoms with E-state index in [1.807, 2.05) is 0 Å². The van der Waals surface area contributed by atoms with E-state index in [-0.39, 0.29) is 0 Å². The number of hydrogen-bond donors (Lipinski definition) is 1. The molecule has 0 saturated heterocycles. The molecule has 0 aliphatic rings. The van der Waals surface area contributed by atoms with Crippen LogP contribution in [0.15, 0.2) is 12.1 Å². The smallest absolute Gasteiger partial charge is 0.328 e. The lowest BCUT2D eigenvalue weighted by atomic mass is 10.1. The van der Waals surface area contributed by atoms with Gasteiger partial charge in [0, 0.05) is 11.6 Å². The second-order valence-electron chi connectivity index (χ2n) is 3.44. The standard InChI is InChI=1S/C13H16O6/c1-16-9-7-8(5-6-10(14)15)11(17-2)13(19-4)12(9)18-3/h5-7H,1-4H3,(H,14,15). The van der Waals surface area contributed by atoms with Crippen LogP contribution in [0.4, 0.5) is 0 Å². The highest BCUT2D eigenvalue weighted by Crippen LogP contribution is 2.46. The van der Waals surface area contributed by atoms with Gasteiger partial charge in [0.2, 0.25) is 11.5 Å². The van der Waals surface area contributed by atoms with Gasteiger partial charge in [-0.25, -0.2) is 4.79 Å². The first-order valence-corrected chi connectivity index (χ1v) is 5.37. The van der Waals surface area contributed by atoms with E-state index in [4.69, 9.17) is 24.1 Å². The van der Waals surface area contributed by atoms with Crippen LogP contribution in [0.5, 0.6) is 23.0 Å². The van der Waals surface area contributed by atoms with Crippen LogP contribution in [0.3, 0.4) is 0 Å². The third-order valence-electron chi connectivity index (χ3n) is 2.42. The third-order valence-corrected chi connectivity index (χ3v) is 2.42. The molecule has 1 rings (SSSR count). The highest BCUT2D eigenvalue weighted by Gasteiger charge is 2.20. The largest absolute Gasteiger partial charge is 0.493 e. The Balaban J connectivity index is 3.50. The topological polar surface area (TPSA) is 74.2 Å². The maximum atomic E-state index is 10.6. The van der Waals surface area contributed by atoms with Gasteiger partial charge in [0.05, 0.1) is 28.4 Å². The van der Waals surface area contributed by atoms with Gasteiger partial charge in [-0.2, -0.15) is 0 Å². The molecule has 0 aliphatic heterocycles. The molecule has 0 atom stereocenters. The third kappa shape index (κ3) is 3.09. The van der Waals surface area contributed by atoms with Crippen LogP contribution in [0.1, 0.15) is 5.56 Å². The van der Waals surface area contributed by atoms with Gasteiger partial charge >= 0.3 is 5.97 Å². The lowest BCUT2D eigenvalue weighted by Crippen LogP contribution is -2.00. The molecule has 0 heterocycles. The molecule has 0 aliphatic carbocycles. The summed E-state index contributed by atoms with van der Waals surface area (Å²) < 4.78 is 20.9. The minimum absolute atomic E-state index is 0.342. The molecular formula is C13H16O6. The van der Waals surface area contributed by atoms with Crippen molar-refractivity contribution in [3.8, 4) is 23.0 Å². The van der Waals surface area contributed by atoms with E-state index in [1.54, 1.807) is 6.07 Å². The summed E-state index contributed by atoms with van der Waals surface area (Å²) in [5.74, 6) is 0.461. The van der Waals surface area contributed by atoms with E-state index in [2.05, 4.69) is 0 Å². The number of carboxylic acid groups (broad SMARTS) is 1. The highest BCUT2D eigenvalue weighted by molar-refractivity contribution is 5.87. The maximum Gasteiger partial charge on any atom is 0.328 e. The Morgan fingerprint density at radius 1 is 1.00 bits per heavy atom. The zero-order valence-corrected chi connectivity index (χ0v) is 11.2. The first-order valence-electron chi connectivity index (χ1n) is 5.37. The Morgan fingerprint density at radius 3 is 2.00 bits per heavy atom. The van der Waals surface area contributed by atoms with E-state index in [0.29, 0.717) is 28.6 Å². The normalized spacial score (nSPS) is 10.3. The molecule has 0 amide bonds. The van der Waals surface area contributed by atoms with Crippen molar-refractivity contribution in [1.82, 2.24) is 0 Å². The Bertz CT molecular complexity index is 492. The predicted molar refractivity (Wildman–Crippen MR) is 69.3 cm³/mol. The molecule has 1 N–H and O–H groups in total. The monoisotopic (exact) mass is 268 g/mol. The van der Waals surface area contributed by atoms with Crippen molar-refractivity contribution in [2.24, 2.45) is 0 Å². The number of benzene rings is 1. The Labute approximate surface area is 111 Å². The second kappa shape index (κ2) is 6.53. The van der Waals surface area contributed by atoms with Gasteiger partial charge in [-0.3, -0.25) is 0 Å². The van der Waals surface area contributed by atoms with E-state index < -0.39 is 5.97 Å². The quantitative estimate of drug-likeness (QED) is 0.793. The fraction of sp³-hybridized carbons (Fsp3) is 0.308. The lowest BCUT2D eigenvalue weighted by Gasteiger charge is -2.17. The molecule has 1 aromatic carbocycles. The van der Waals surface area contributed by atoms with Crippen molar-refractivity contribution >= 4 is 12.0 Å². The molecular weight excluding hydrogens is 252 g/mol. The number of carboxylic acids is 1. The Morgan fingerprint density at radius 2 is 1.58 bits per heavy atom. The van der Waals surface area contributed by atoms with Gasteiger partial charge in [-0.15, -0.1) is 0 Å². The summed E-state index contributed by atoms with van der Waals surface area (Å²) in [5.41, 5.74) is 0.513. The van der Waals surface area contributed by atoms with Crippen molar-refractivity contribution in [2.45, 2.75) is 0 Å². The molecule has 0 aromatic heterocycles. The van der Waals surface area contributed by atoms with Gasteiger partial charge in [-0.1, -0.05) is 0 Å². The number of ether oxygens (including phenoxy) is 4. The summed E-state index contributed by atoms with van der Waals surface area (Å²) in [4.78, 5) is 10.6. The van der Waals surface area contributed by atoms with Crippen molar-refractivity contribution < 1.29 is 28.8 Å². The van der Waals surface area contributed by atoms with Crippen LogP contribution in [0.2, 0.25) is 0 Å². The molecule has 0 bridgehead atoms. The van der Waals surface area contributed by atoms with Crippen LogP contribution < -0.4 is 18.9 Å². The van der Waals surface area contributed by atoms with Crippen molar-refractivity contribution in [3.63, 3.8) is 0 Å². The van der Waals surface area contributed by atoms with Crippen LogP contribution in [-0.2, 0) is 4.79 Å². The molecule has 0 fully saturated rings. The zero-order chi connectivity index (χ0) is 14.4. The first-order chi connectivity index (χ1) is 9.08. The fourth-order valence-electron chi connectivity index (χ4n) is 1.64. The van der Waals surface area contributed by atoms with E-state index in [1.165, 1.54) is 34.5 Å². The minimum Gasteiger partial charge on any atom is -0.493 e. The van der Waals surface area contributed by atoms with Crippen LogP contribution >= 0.6 is 0 Å². The molecule has 6 heteroatoms. The van der Waals surface area contributed by atoms with E-state index in [9.17, 15) is 4.79 Å². The summed E-state index contributed by atoms with van der Waals surface area (Å²) >= 11 is 0. The molecule has 0 spiro atoms. The number of methoxy groups -OCH3 is 4. The summed E-state index contributed by atoms with van der Waals surface area (Å²) in [6.45, 7) is 0. The summed E-state index contributed by atoms with van der Waals surface area (Å²) in [6, 6.07) is 1.61. The number of hydrogen-bond acceptors (Lipinski definition) is 5. The molecule has 1 aromatic rings. The molecule has 0 unspecified atom stereocenters. The van der Waals surface area contributed by atoms with Gasteiger partial charge in [-0.05, 0) is 12.1 Å². The summed E-state index contributed by atoms with van der Waals surface area (Å²) in [5, 5.41) is 8.68. The Hall–Kier alpha value is -2.37. The van der Waals surface area contributed by atoms with E-state index >= 15 is 0 Å². The molecule has 0 saturated carbocycles. The van der Waals surface area contributed by atoms with Crippen LogP contribution in [0.25, 0.3) is 6.08 Å². The average Bonchev–Trinajstić information content (AvgIpc) is 2.42. The van der Waals surface area contributed by atoms with Gasteiger partial charge in [0.15, 0.2) is 11.5 Å². The van der Waals surface area contributed by atoms with Gasteiger partial charge in [0.1, 0.15) is 0 Å². The Kier molecular flexibility index (Phi) is 5.05. The van der Waals surface area contributed by atoms with Crippen molar-refractivity contribution in [3.05, 3.63) is 17.7 Å². The summed E-state index contributed by atoms with van der Waals surface area (Å²) in [6.07, 6.45) is 2.40. The van der Waals surface area contributed by atoms with Gasteiger partial charge < -0.3 is 24.1 Å². The maximum absolute atomic E-state index is 10.6. The number of carbonyl (C=O) groups is 1. The predicted octanol–water partition coefficient (Wildman–Crippen LogP) is 1.82. The van der Waals surface area contributed by atoms with Crippen molar-refractivity contribution in [1.29, 1.82) is 0 Å². The van der Waals surface area contributed by atoms with Crippen LogP contribution in [-0.4, -0.2) is 39.5 Å². The second-order valence-corrected chi connectivity index (χ2v) is 3.44. The molecule has 19 heavy (non-hydrogen) atoms. The fourth-order valence-corrected chi connectivity index (χ4v) is 1.64.